The second-order valence-corrected chi connectivity index (χ2v) is 17.8. The van der Waals surface area contributed by atoms with Crippen LogP contribution >= 0.6 is 11.8 Å². The average molecular weight is 984 g/mol. The zero-order chi connectivity index (χ0) is 50.6. The van der Waals surface area contributed by atoms with E-state index in [4.69, 9.17) is 17.2 Å². The number of aliphatic hydroxyl groups excluding tert-OH is 1. The normalized spacial score (nSPS) is 16.5. The lowest BCUT2D eigenvalue weighted by Gasteiger charge is -2.30. The number of amides is 8. The molecule has 1 saturated heterocycles. The third-order valence-corrected chi connectivity index (χ3v) is 12.2. The van der Waals surface area contributed by atoms with E-state index in [0.717, 1.165) is 5.52 Å². The number of nitrogens with zero attached hydrogens (tertiary/aromatic N) is 2. The number of rotatable bonds is 29. The zero-order valence-corrected chi connectivity index (χ0v) is 39.5. The van der Waals surface area contributed by atoms with Crippen LogP contribution in [0, 0.1) is 0 Å². The second kappa shape index (κ2) is 27.4. The maximum Gasteiger partial charge on any atom is 0.326 e. The summed E-state index contributed by atoms with van der Waals surface area (Å²) in [6.45, 7) is 0.975. The van der Waals surface area contributed by atoms with Crippen molar-refractivity contribution in [3.8, 4) is 0 Å². The third kappa shape index (κ3) is 16.6. The van der Waals surface area contributed by atoms with E-state index in [1.54, 1.807) is 30.5 Å². The molecular formula is C44H65N13O11S. The Bertz CT molecular complexity index is 2240. The summed E-state index contributed by atoms with van der Waals surface area (Å²) in [4.78, 5) is 131. The van der Waals surface area contributed by atoms with Crippen molar-refractivity contribution in [1.82, 2.24) is 51.8 Å². The fourth-order valence-corrected chi connectivity index (χ4v) is 8.18. The Labute approximate surface area is 402 Å². The van der Waals surface area contributed by atoms with E-state index < -0.39 is 108 Å². The lowest BCUT2D eigenvalue weighted by atomic mass is 10.0. The van der Waals surface area contributed by atoms with Gasteiger partial charge >= 0.3 is 5.97 Å². The Morgan fingerprint density at radius 1 is 0.826 bits per heavy atom. The fraction of sp³-hybridized carbons (Fsp3) is 0.545. The Morgan fingerprint density at radius 2 is 1.49 bits per heavy atom. The topological polar surface area (TPSA) is 392 Å². The number of fused-ring (bicyclic) bond motifs is 1. The standard InChI is InChI=1S/C44H65N13O11S/c1-24(51-38(61)28(46)14-17-69-2)37(60)52-30(10-5-6-15-45)43(66)57-16-7-11-35(57)42(65)56-34(22-58)41(64)55-33(19-26-21-48-23-50-26)40(63)54-32(18-25-20-49-29-9-4-3-8-27(25)29)39(62)53-31(44(67)68)12-13-36(47)59/h3-4,8-9,20-21,23-24,28,30-35,49,58H,5-7,10-19,22,45-46H2,1-2H3,(H2,47,59)(H,48,50)(H,51,61)(H,52,60)(H,53,62)(H,54,63)(H,55,64)(H,56,65)(H,67,68)/t24-,28-,30-,31-,32-,33-,34-,35-/m0/s1. The maximum absolute atomic E-state index is 14.2. The number of unbranched alkanes of at least 4 members (excludes halogenated alkanes) is 1. The number of primary amides is 1. The van der Waals surface area contributed by atoms with Crippen LogP contribution in [0.2, 0.25) is 0 Å². The molecule has 0 aliphatic carbocycles. The smallest absolute Gasteiger partial charge is 0.326 e. The number of H-pyrrole nitrogens is 2. The molecule has 24 nitrogen and oxygen atoms in total. The number of aromatic amines is 2. The fourth-order valence-electron chi connectivity index (χ4n) is 7.69. The molecule has 2 aromatic heterocycles. The predicted octanol–water partition coefficient (Wildman–Crippen LogP) is -2.85. The summed E-state index contributed by atoms with van der Waals surface area (Å²) in [5.74, 6) is -6.97. The van der Waals surface area contributed by atoms with Gasteiger partial charge in [-0.05, 0) is 82.1 Å². The highest BCUT2D eigenvalue weighted by molar-refractivity contribution is 7.98. The van der Waals surface area contributed by atoms with Gasteiger partial charge in [0, 0.05) is 54.8 Å². The number of nitrogens with two attached hydrogens (primary N) is 3. The number of aliphatic carboxylic acids is 1. The van der Waals surface area contributed by atoms with Crippen LogP contribution in [-0.4, -0.2) is 163 Å². The number of aromatic nitrogens is 3. The van der Waals surface area contributed by atoms with Gasteiger partial charge < -0.3 is 74.2 Å². The first-order valence-electron chi connectivity index (χ1n) is 22.7. The molecule has 1 aromatic carbocycles. The minimum Gasteiger partial charge on any atom is -0.480 e. The van der Waals surface area contributed by atoms with Gasteiger partial charge in [-0.1, -0.05) is 18.2 Å². The molecule has 0 radical (unpaired) electrons. The van der Waals surface area contributed by atoms with Crippen LogP contribution in [-0.2, 0) is 56.0 Å². The summed E-state index contributed by atoms with van der Waals surface area (Å²) in [7, 11) is 0. The lowest BCUT2D eigenvalue weighted by Crippen LogP contribution is -2.60. The summed E-state index contributed by atoms with van der Waals surface area (Å²) in [5, 5.41) is 36.3. The zero-order valence-electron chi connectivity index (χ0n) is 38.7. The quantitative estimate of drug-likeness (QED) is 0.0312. The molecule has 1 aliphatic rings. The summed E-state index contributed by atoms with van der Waals surface area (Å²) in [5.41, 5.74) is 18.6. The van der Waals surface area contributed by atoms with Crippen molar-refractivity contribution in [2.75, 3.05) is 31.7 Å². The second-order valence-electron chi connectivity index (χ2n) is 16.8. The van der Waals surface area contributed by atoms with E-state index in [0.29, 0.717) is 54.6 Å². The number of likely N-dealkylation sites (tertiary alicyclic amines) is 1. The van der Waals surface area contributed by atoms with Gasteiger partial charge in [-0.2, -0.15) is 11.8 Å². The van der Waals surface area contributed by atoms with Crippen LogP contribution in [0.4, 0.5) is 0 Å². The lowest BCUT2D eigenvalue weighted by molar-refractivity contribution is -0.143. The summed E-state index contributed by atoms with van der Waals surface area (Å²) >= 11 is 1.52. The van der Waals surface area contributed by atoms with E-state index in [-0.39, 0.29) is 45.1 Å². The summed E-state index contributed by atoms with van der Waals surface area (Å²) in [6.07, 6.45) is 7.29. The molecule has 0 spiro atoms. The molecule has 1 fully saturated rings. The minimum absolute atomic E-state index is 0.130. The first kappa shape index (κ1) is 55.0. The van der Waals surface area contributed by atoms with Crippen LogP contribution in [0.1, 0.15) is 69.5 Å². The third-order valence-electron chi connectivity index (χ3n) is 11.6. The number of carboxylic acids is 1. The van der Waals surface area contributed by atoms with E-state index in [9.17, 15) is 53.4 Å². The monoisotopic (exact) mass is 983 g/mol. The van der Waals surface area contributed by atoms with Crippen molar-refractivity contribution in [3.63, 3.8) is 0 Å². The number of hydrogen-bond acceptors (Lipinski definition) is 14. The van der Waals surface area contributed by atoms with Crippen molar-refractivity contribution in [2.45, 2.75) is 119 Å². The molecule has 0 saturated carbocycles. The minimum atomic E-state index is -1.65. The van der Waals surface area contributed by atoms with Crippen molar-refractivity contribution >= 4 is 75.9 Å². The van der Waals surface area contributed by atoms with Crippen molar-refractivity contribution in [1.29, 1.82) is 0 Å². The van der Waals surface area contributed by atoms with Crippen LogP contribution < -0.4 is 49.1 Å². The number of thioether (sulfide) groups is 1. The molecule has 0 unspecified atom stereocenters. The number of benzene rings is 1. The maximum atomic E-state index is 14.2. The van der Waals surface area contributed by atoms with Crippen LogP contribution in [0.5, 0.6) is 0 Å². The van der Waals surface area contributed by atoms with Crippen molar-refractivity contribution in [2.24, 2.45) is 17.2 Å². The van der Waals surface area contributed by atoms with E-state index in [2.05, 4.69) is 46.9 Å². The number of carbonyl (C=O) groups is 9. The highest BCUT2D eigenvalue weighted by Gasteiger charge is 2.40. The Kier molecular flexibility index (Phi) is 21.9. The number of para-hydroxylation sites is 1. The van der Waals surface area contributed by atoms with E-state index >= 15 is 0 Å². The first-order chi connectivity index (χ1) is 33.0. The van der Waals surface area contributed by atoms with Crippen molar-refractivity contribution < 1.29 is 53.4 Å². The van der Waals surface area contributed by atoms with Gasteiger partial charge in [0.2, 0.25) is 47.3 Å². The molecule has 8 atom stereocenters. The van der Waals surface area contributed by atoms with Gasteiger partial charge in [0.25, 0.3) is 0 Å². The summed E-state index contributed by atoms with van der Waals surface area (Å²) in [6, 6.07) is -3.07. The molecule has 69 heavy (non-hydrogen) atoms. The molecule has 1 aliphatic heterocycles. The van der Waals surface area contributed by atoms with E-state index in [1.165, 1.54) is 36.1 Å². The number of aliphatic hydroxyl groups is 1. The van der Waals surface area contributed by atoms with Gasteiger partial charge in [-0.25, -0.2) is 9.78 Å². The molecule has 3 heterocycles. The Morgan fingerprint density at radius 3 is 2.13 bits per heavy atom. The van der Waals surface area contributed by atoms with Gasteiger partial charge in [0.1, 0.15) is 42.3 Å². The molecule has 8 amide bonds. The number of nitrogens with one attached hydrogen (secondary N) is 8. The number of hydrogen-bond donors (Lipinski definition) is 13. The highest BCUT2D eigenvalue weighted by Crippen LogP contribution is 2.22. The average Bonchev–Trinajstić information content (AvgIpc) is 4.12. The molecule has 378 valence electrons. The van der Waals surface area contributed by atoms with Gasteiger partial charge in [-0.3, -0.25) is 38.4 Å². The van der Waals surface area contributed by atoms with Crippen LogP contribution in [0.15, 0.2) is 43.0 Å². The summed E-state index contributed by atoms with van der Waals surface area (Å²) < 4.78 is 0. The highest BCUT2D eigenvalue weighted by atomic mass is 32.2. The van der Waals surface area contributed by atoms with Crippen LogP contribution in [0.3, 0.4) is 0 Å². The Balaban J connectivity index is 1.51. The van der Waals surface area contributed by atoms with Crippen LogP contribution in [0.25, 0.3) is 10.9 Å². The SMILES string of the molecule is CSCC[C@H](N)C(=O)N[C@@H](C)C(=O)N[C@@H](CCCCN)C(=O)N1CCC[C@H]1C(=O)N[C@@H](CO)C(=O)N[C@@H](Cc1cnc[nH]1)C(=O)N[C@@H](Cc1c[nH]c2ccccc12)C(=O)N[C@@H](CCC(N)=O)C(=O)O. The van der Waals surface area contributed by atoms with Gasteiger partial charge in [0.15, 0.2) is 0 Å². The largest absolute Gasteiger partial charge is 0.480 e. The van der Waals surface area contributed by atoms with Crippen molar-refractivity contribution in [3.05, 3.63) is 54.2 Å². The molecule has 4 rings (SSSR count). The number of carbonyl (C=O) groups excluding carboxylic acids is 8. The molecule has 3 aromatic rings. The first-order valence-corrected chi connectivity index (χ1v) is 24.1. The van der Waals surface area contributed by atoms with E-state index in [1.807, 2.05) is 6.26 Å². The van der Waals surface area contributed by atoms with Gasteiger partial charge in [0.05, 0.1) is 19.0 Å². The molecule has 16 N–H and O–H groups in total. The molecular weight excluding hydrogens is 919 g/mol. The number of carboxylic acid groups (broad SMARTS) is 1. The van der Waals surface area contributed by atoms with Gasteiger partial charge in [-0.15, -0.1) is 0 Å². The Hall–Kier alpha value is -6.57. The predicted molar refractivity (Wildman–Crippen MR) is 253 cm³/mol. The molecule has 0 bridgehead atoms. The molecule has 25 heteroatoms. The number of imidazole rings is 1.